The molecule has 3 heteroatoms. The maximum atomic E-state index is 6.26. The van der Waals surface area contributed by atoms with Crippen LogP contribution < -0.4 is 5.32 Å². The maximum absolute atomic E-state index is 6.26. The first-order chi connectivity index (χ1) is 9.25. The zero-order chi connectivity index (χ0) is 13.2. The summed E-state index contributed by atoms with van der Waals surface area (Å²) in [6.07, 6.45) is 0. The van der Waals surface area contributed by atoms with Crippen LogP contribution in [0.5, 0.6) is 0 Å². The first-order valence-corrected chi connectivity index (χ1v) is 7.84. The molecule has 0 amide bonds. The van der Waals surface area contributed by atoms with Crippen molar-refractivity contribution in [2.75, 3.05) is 5.75 Å². The van der Waals surface area contributed by atoms with Gasteiger partial charge in [-0.1, -0.05) is 48.0 Å². The van der Waals surface area contributed by atoms with Crippen molar-refractivity contribution in [2.24, 2.45) is 0 Å². The van der Waals surface area contributed by atoms with E-state index in [1.165, 1.54) is 16.0 Å². The Labute approximate surface area is 123 Å². The minimum absolute atomic E-state index is 0.255. The molecule has 19 heavy (non-hydrogen) atoms. The van der Waals surface area contributed by atoms with Gasteiger partial charge in [0.25, 0.3) is 0 Å². The molecule has 1 aliphatic heterocycles. The normalized spacial score (nSPS) is 19.2. The van der Waals surface area contributed by atoms with Gasteiger partial charge < -0.3 is 5.32 Å². The molecular formula is C16H16ClNS. The molecule has 0 fully saturated rings. The van der Waals surface area contributed by atoms with Gasteiger partial charge in [0.05, 0.1) is 0 Å². The Morgan fingerprint density at radius 3 is 2.74 bits per heavy atom. The molecule has 2 aromatic carbocycles. The van der Waals surface area contributed by atoms with E-state index in [0.717, 1.165) is 10.8 Å². The number of thioether (sulfide) groups is 1. The summed E-state index contributed by atoms with van der Waals surface area (Å²) in [5.74, 6) is 1.09. The molecule has 0 radical (unpaired) electrons. The van der Waals surface area contributed by atoms with Gasteiger partial charge in [-0.2, -0.15) is 0 Å². The van der Waals surface area contributed by atoms with Crippen LogP contribution >= 0.6 is 23.4 Å². The second-order valence-corrected chi connectivity index (χ2v) is 6.28. The second kappa shape index (κ2) is 5.58. The molecule has 0 spiro atoms. The summed E-state index contributed by atoms with van der Waals surface area (Å²) in [4.78, 5) is 1.39. The molecule has 0 saturated heterocycles. The van der Waals surface area contributed by atoms with Gasteiger partial charge in [0.15, 0.2) is 0 Å². The van der Waals surface area contributed by atoms with Crippen molar-refractivity contribution in [1.29, 1.82) is 0 Å². The number of nitrogens with one attached hydrogen (secondary N) is 1. The number of fused-ring (bicyclic) bond motifs is 1. The molecule has 3 rings (SSSR count). The summed E-state index contributed by atoms with van der Waals surface area (Å²) in [6.45, 7) is 2.17. The van der Waals surface area contributed by atoms with Gasteiger partial charge in [0.1, 0.15) is 0 Å². The lowest BCUT2D eigenvalue weighted by Crippen LogP contribution is -2.24. The van der Waals surface area contributed by atoms with Crippen LogP contribution in [0.1, 0.15) is 30.1 Å². The predicted molar refractivity (Wildman–Crippen MR) is 82.9 cm³/mol. The molecule has 1 heterocycles. The lowest BCUT2D eigenvalue weighted by molar-refractivity contribution is 0.501. The highest BCUT2D eigenvalue weighted by atomic mass is 35.5. The van der Waals surface area contributed by atoms with Crippen molar-refractivity contribution < 1.29 is 0 Å². The first kappa shape index (κ1) is 13.0. The van der Waals surface area contributed by atoms with Crippen molar-refractivity contribution >= 4 is 23.4 Å². The van der Waals surface area contributed by atoms with Crippen molar-refractivity contribution in [3.8, 4) is 0 Å². The van der Waals surface area contributed by atoms with Gasteiger partial charge in [0, 0.05) is 27.8 Å². The topological polar surface area (TPSA) is 12.0 Å². The fourth-order valence-corrected chi connectivity index (χ4v) is 3.99. The van der Waals surface area contributed by atoms with Crippen molar-refractivity contribution in [2.45, 2.75) is 23.9 Å². The molecule has 0 saturated carbocycles. The minimum atomic E-state index is 0.255. The molecule has 2 unspecified atom stereocenters. The van der Waals surface area contributed by atoms with E-state index in [-0.39, 0.29) is 6.04 Å². The predicted octanol–water partition coefficient (Wildman–Crippen LogP) is 4.84. The van der Waals surface area contributed by atoms with Crippen LogP contribution in [-0.4, -0.2) is 5.75 Å². The van der Waals surface area contributed by atoms with E-state index in [4.69, 9.17) is 11.6 Å². The van der Waals surface area contributed by atoms with Crippen molar-refractivity contribution in [3.63, 3.8) is 0 Å². The third kappa shape index (κ3) is 2.66. The Bertz CT molecular complexity index is 584. The number of halogens is 1. The fourth-order valence-electron chi connectivity index (χ4n) is 2.52. The largest absolute Gasteiger partial charge is 0.302 e. The molecule has 98 valence electrons. The SMILES string of the molecule is CC(NC1CSc2ccccc21)c1ccccc1Cl. The van der Waals surface area contributed by atoms with E-state index in [9.17, 15) is 0 Å². The number of rotatable bonds is 3. The Kier molecular flexibility index (Phi) is 3.83. The Hall–Kier alpha value is -0.960. The molecule has 2 atom stereocenters. The van der Waals surface area contributed by atoms with Gasteiger partial charge in [-0.15, -0.1) is 11.8 Å². The first-order valence-electron chi connectivity index (χ1n) is 6.48. The van der Waals surface area contributed by atoms with Gasteiger partial charge in [-0.05, 0) is 30.2 Å². The van der Waals surface area contributed by atoms with Crippen LogP contribution in [-0.2, 0) is 0 Å². The van der Waals surface area contributed by atoms with Crippen LogP contribution in [0.25, 0.3) is 0 Å². The Morgan fingerprint density at radius 1 is 1.16 bits per heavy atom. The van der Waals surface area contributed by atoms with Crippen molar-refractivity contribution in [1.82, 2.24) is 5.32 Å². The second-order valence-electron chi connectivity index (χ2n) is 4.81. The molecule has 1 aliphatic rings. The summed E-state index contributed by atoms with van der Waals surface area (Å²) < 4.78 is 0. The molecule has 2 aromatic rings. The summed E-state index contributed by atoms with van der Waals surface area (Å²) in [5.41, 5.74) is 2.57. The van der Waals surface area contributed by atoms with E-state index in [1.807, 2.05) is 30.0 Å². The van der Waals surface area contributed by atoms with E-state index < -0.39 is 0 Å². The van der Waals surface area contributed by atoms with Crippen molar-refractivity contribution in [3.05, 3.63) is 64.7 Å². The van der Waals surface area contributed by atoms with E-state index in [1.54, 1.807) is 0 Å². The molecule has 0 bridgehead atoms. The lowest BCUT2D eigenvalue weighted by atomic mass is 10.0. The quantitative estimate of drug-likeness (QED) is 0.868. The average molecular weight is 290 g/mol. The summed E-state index contributed by atoms with van der Waals surface area (Å²) >= 11 is 8.18. The standard InChI is InChI=1S/C16H16ClNS/c1-11(12-6-2-4-8-14(12)17)18-15-10-19-16-9-5-3-7-13(15)16/h2-9,11,15,18H,10H2,1H3. The Morgan fingerprint density at radius 2 is 1.89 bits per heavy atom. The molecule has 0 aromatic heterocycles. The van der Waals surface area contributed by atoms with Gasteiger partial charge >= 0.3 is 0 Å². The third-order valence-electron chi connectivity index (χ3n) is 3.52. The highest BCUT2D eigenvalue weighted by Gasteiger charge is 2.24. The van der Waals surface area contributed by atoms with E-state index in [2.05, 4.69) is 42.6 Å². The van der Waals surface area contributed by atoms with E-state index >= 15 is 0 Å². The van der Waals surface area contributed by atoms with Crippen LogP contribution in [0.4, 0.5) is 0 Å². The fraction of sp³-hybridized carbons (Fsp3) is 0.250. The summed E-state index contributed by atoms with van der Waals surface area (Å²) in [5, 5.41) is 4.52. The number of hydrogen-bond acceptors (Lipinski definition) is 2. The zero-order valence-corrected chi connectivity index (χ0v) is 12.3. The maximum Gasteiger partial charge on any atom is 0.0453 e. The number of hydrogen-bond donors (Lipinski definition) is 1. The average Bonchev–Trinajstić information content (AvgIpc) is 2.83. The lowest BCUT2D eigenvalue weighted by Gasteiger charge is -2.21. The summed E-state index contributed by atoms with van der Waals surface area (Å²) in [7, 11) is 0. The van der Waals surface area contributed by atoms with Crippen LogP contribution in [0.3, 0.4) is 0 Å². The van der Waals surface area contributed by atoms with Gasteiger partial charge in [-0.3, -0.25) is 0 Å². The number of benzene rings is 2. The van der Waals surface area contributed by atoms with Crippen LogP contribution in [0.2, 0.25) is 5.02 Å². The Balaban J connectivity index is 1.78. The minimum Gasteiger partial charge on any atom is -0.302 e. The smallest absolute Gasteiger partial charge is 0.0453 e. The monoisotopic (exact) mass is 289 g/mol. The van der Waals surface area contributed by atoms with E-state index in [0.29, 0.717) is 6.04 Å². The highest BCUT2D eigenvalue weighted by Crippen LogP contribution is 2.39. The van der Waals surface area contributed by atoms with Gasteiger partial charge in [-0.25, -0.2) is 0 Å². The zero-order valence-electron chi connectivity index (χ0n) is 10.8. The van der Waals surface area contributed by atoms with Gasteiger partial charge in [0.2, 0.25) is 0 Å². The molecular weight excluding hydrogens is 274 g/mol. The molecule has 1 N–H and O–H groups in total. The molecule has 0 aliphatic carbocycles. The molecule has 1 nitrogen and oxygen atoms in total. The van der Waals surface area contributed by atoms with Crippen LogP contribution in [0, 0.1) is 0 Å². The van der Waals surface area contributed by atoms with Crippen LogP contribution in [0.15, 0.2) is 53.4 Å². The third-order valence-corrected chi connectivity index (χ3v) is 5.05. The highest BCUT2D eigenvalue weighted by molar-refractivity contribution is 7.99. The summed E-state index contributed by atoms with van der Waals surface area (Å²) in [6, 6.07) is 17.3.